The highest BCUT2D eigenvalue weighted by molar-refractivity contribution is 6.32. The molecule has 0 bridgehead atoms. The second kappa shape index (κ2) is 6.58. The number of hydrogen-bond acceptors (Lipinski definition) is 3. The molecule has 0 radical (unpaired) electrons. The number of carbonyl (C=O) groups excluding carboxylic acids is 1. The van der Waals surface area contributed by atoms with E-state index in [9.17, 15) is 4.79 Å². The van der Waals surface area contributed by atoms with Crippen molar-refractivity contribution in [3.63, 3.8) is 0 Å². The van der Waals surface area contributed by atoms with Gasteiger partial charge < -0.3 is 10.2 Å². The maximum Gasteiger partial charge on any atom is 0.224 e. The average Bonchev–Trinajstić information content (AvgIpc) is 3.37. The molecule has 3 rings (SSSR count). The van der Waals surface area contributed by atoms with Crippen LogP contribution in [0.25, 0.3) is 0 Å². The summed E-state index contributed by atoms with van der Waals surface area (Å²) in [5, 5.41) is 12.5. The van der Waals surface area contributed by atoms with Crippen molar-refractivity contribution >= 4 is 23.2 Å². The monoisotopic (exact) mass is 317 g/mol. The number of piperidine rings is 1. The molecule has 1 saturated heterocycles. The second-order valence-electron chi connectivity index (χ2n) is 6.25. The molecule has 1 aliphatic carbocycles. The van der Waals surface area contributed by atoms with Gasteiger partial charge in [0.25, 0.3) is 0 Å². The van der Waals surface area contributed by atoms with E-state index in [2.05, 4.69) is 16.3 Å². The van der Waals surface area contributed by atoms with Crippen LogP contribution < -0.4 is 10.2 Å². The van der Waals surface area contributed by atoms with E-state index in [1.165, 1.54) is 12.8 Å². The molecule has 1 unspecified atom stereocenters. The Labute approximate surface area is 136 Å². The van der Waals surface area contributed by atoms with Crippen molar-refractivity contribution in [1.29, 1.82) is 5.26 Å². The molecule has 0 aromatic heterocycles. The summed E-state index contributed by atoms with van der Waals surface area (Å²) in [6.07, 6.45) is 4.44. The first-order valence-electron chi connectivity index (χ1n) is 7.89. The van der Waals surface area contributed by atoms with E-state index in [0.717, 1.165) is 38.2 Å². The number of anilines is 1. The number of halogens is 1. The Hall–Kier alpha value is -1.73. The van der Waals surface area contributed by atoms with E-state index in [-0.39, 0.29) is 11.8 Å². The van der Waals surface area contributed by atoms with E-state index < -0.39 is 0 Å². The zero-order valence-electron chi connectivity index (χ0n) is 12.5. The summed E-state index contributed by atoms with van der Waals surface area (Å²) in [5.41, 5.74) is 1.48. The van der Waals surface area contributed by atoms with Gasteiger partial charge in [-0.15, -0.1) is 0 Å². The lowest BCUT2D eigenvalue weighted by Crippen LogP contribution is -2.43. The van der Waals surface area contributed by atoms with Gasteiger partial charge in [-0.3, -0.25) is 4.79 Å². The molecule has 1 atom stereocenters. The Morgan fingerprint density at radius 2 is 2.23 bits per heavy atom. The molecular weight excluding hydrogens is 298 g/mol. The molecule has 1 heterocycles. The number of hydrogen-bond donors (Lipinski definition) is 1. The summed E-state index contributed by atoms with van der Waals surface area (Å²) in [5.74, 6) is 0.930. The molecule has 1 aromatic rings. The topological polar surface area (TPSA) is 56.1 Å². The van der Waals surface area contributed by atoms with Crippen LogP contribution in [0.1, 0.15) is 31.2 Å². The fourth-order valence-electron chi connectivity index (χ4n) is 2.93. The largest absolute Gasteiger partial charge is 0.371 e. The molecule has 5 heteroatoms. The van der Waals surface area contributed by atoms with Gasteiger partial charge in [0.15, 0.2) is 0 Å². The Morgan fingerprint density at radius 3 is 2.91 bits per heavy atom. The van der Waals surface area contributed by atoms with Gasteiger partial charge in [0.2, 0.25) is 5.91 Å². The van der Waals surface area contributed by atoms with Crippen LogP contribution in [0.2, 0.25) is 5.02 Å². The molecule has 1 amide bonds. The summed E-state index contributed by atoms with van der Waals surface area (Å²) in [4.78, 5) is 14.5. The van der Waals surface area contributed by atoms with E-state index in [0.29, 0.717) is 16.5 Å². The number of nitrogens with zero attached hydrogens (tertiary/aromatic N) is 2. The first-order chi connectivity index (χ1) is 10.7. The number of nitrogens with one attached hydrogen (secondary N) is 1. The number of amides is 1. The molecular formula is C17H20ClN3O. The van der Waals surface area contributed by atoms with Crippen LogP contribution in [-0.4, -0.2) is 25.5 Å². The lowest BCUT2D eigenvalue weighted by Gasteiger charge is -2.34. The average molecular weight is 318 g/mol. The maximum absolute atomic E-state index is 12.3. The summed E-state index contributed by atoms with van der Waals surface area (Å²) < 4.78 is 0. The standard InChI is InChI=1S/C17H20ClN3O/c18-16-8-15(6-5-13(16)9-19)21-7-1-2-14(11-21)17(22)20-10-12-3-4-12/h5-6,8,12,14H,1-4,7,10-11H2,(H,20,22). The van der Waals surface area contributed by atoms with Crippen LogP contribution in [-0.2, 0) is 4.79 Å². The van der Waals surface area contributed by atoms with E-state index in [1.54, 1.807) is 6.07 Å². The highest BCUT2D eigenvalue weighted by atomic mass is 35.5. The third kappa shape index (κ3) is 3.53. The highest BCUT2D eigenvalue weighted by Gasteiger charge is 2.28. The van der Waals surface area contributed by atoms with Gasteiger partial charge in [-0.25, -0.2) is 0 Å². The lowest BCUT2D eigenvalue weighted by molar-refractivity contribution is -0.125. The van der Waals surface area contributed by atoms with Crippen molar-refractivity contribution in [3.8, 4) is 6.07 Å². The van der Waals surface area contributed by atoms with Crippen LogP contribution in [0.3, 0.4) is 0 Å². The van der Waals surface area contributed by atoms with Crippen LogP contribution in [0.4, 0.5) is 5.69 Å². The van der Waals surface area contributed by atoms with E-state index >= 15 is 0 Å². The van der Waals surface area contributed by atoms with E-state index in [1.807, 2.05) is 12.1 Å². The van der Waals surface area contributed by atoms with Gasteiger partial charge in [0, 0.05) is 25.3 Å². The Bertz CT molecular complexity index is 606. The van der Waals surface area contributed by atoms with Crippen LogP contribution >= 0.6 is 11.6 Å². The predicted octanol–water partition coefficient (Wildman–Crippen LogP) is 2.95. The first kappa shape index (κ1) is 15.2. The zero-order valence-corrected chi connectivity index (χ0v) is 13.3. The van der Waals surface area contributed by atoms with Crippen molar-refractivity contribution in [3.05, 3.63) is 28.8 Å². The molecule has 1 saturated carbocycles. The van der Waals surface area contributed by atoms with Gasteiger partial charge in [-0.1, -0.05) is 11.6 Å². The van der Waals surface area contributed by atoms with Gasteiger partial charge in [-0.05, 0) is 49.8 Å². The summed E-state index contributed by atoms with van der Waals surface area (Å²) >= 11 is 6.11. The minimum Gasteiger partial charge on any atom is -0.371 e. The van der Waals surface area contributed by atoms with Crippen LogP contribution in [0.15, 0.2) is 18.2 Å². The molecule has 1 N–H and O–H groups in total. The number of benzene rings is 1. The molecule has 1 aliphatic heterocycles. The van der Waals surface area contributed by atoms with E-state index in [4.69, 9.17) is 16.9 Å². The SMILES string of the molecule is N#Cc1ccc(N2CCCC(C(=O)NCC3CC3)C2)cc1Cl. The molecule has 2 fully saturated rings. The smallest absolute Gasteiger partial charge is 0.224 e. The van der Waals surface area contributed by atoms with Crippen molar-refractivity contribution in [2.24, 2.45) is 11.8 Å². The number of carbonyl (C=O) groups is 1. The third-order valence-electron chi connectivity index (χ3n) is 4.49. The minimum absolute atomic E-state index is 0.0434. The lowest BCUT2D eigenvalue weighted by atomic mass is 9.96. The Balaban J connectivity index is 1.63. The Morgan fingerprint density at radius 1 is 1.41 bits per heavy atom. The molecule has 2 aliphatic rings. The fourth-order valence-corrected chi connectivity index (χ4v) is 3.15. The van der Waals surface area contributed by atoms with Gasteiger partial charge >= 0.3 is 0 Å². The van der Waals surface area contributed by atoms with Crippen LogP contribution in [0, 0.1) is 23.2 Å². The highest BCUT2D eigenvalue weighted by Crippen LogP contribution is 2.29. The van der Waals surface area contributed by atoms with Crippen molar-refractivity contribution in [1.82, 2.24) is 5.32 Å². The normalized spacial score (nSPS) is 21.3. The quantitative estimate of drug-likeness (QED) is 0.929. The van der Waals surface area contributed by atoms with Crippen molar-refractivity contribution < 1.29 is 4.79 Å². The summed E-state index contributed by atoms with van der Waals surface area (Å²) in [6, 6.07) is 7.55. The molecule has 4 nitrogen and oxygen atoms in total. The first-order valence-corrected chi connectivity index (χ1v) is 8.27. The number of rotatable bonds is 4. The van der Waals surface area contributed by atoms with Gasteiger partial charge in [-0.2, -0.15) is 5.26 Å². The number of nitriles is 1. The maximum atomic E-state index is 12.3. The molecule has 0 spiro atoms. The van der Waals surface area contributed by atoms with Gasteiger partial charge in [0.05, 0.1) is 16.5 Å². The van der Waals surface area contributed by atoms with Crippen LogP contribution in [0.5, 0.6) is 0 Å². The van der Waals surface area contributed by atoms with Crippen molar-refractivity contribution in [2.75, 3.05) is 24.5 Å². The van der Waals surface area contributed by atoms with Gasteiger partial charge in [0.1, 0.15) is 6.07 Å². The minimum atomic E-state index is 0.0434. The predicted molar refractivity (Wildman–Crippen MR) is 86.8 cm³/mol. The Kier molecular flexibility index (Phi) is 4.54. The second-order valence-corrected chi connectivity index (χ2v) is 6.66. The summed E-state index contributed by atoms with van der Waals surface area (Å²) in [7, 11) is 0. The zero-order chi connectivity index (χ0) is 15.5. The molecule has 1 aromatic carbocycles. The molecule has 22 heavy (non-hydrogen) atoms. The summed E-state index contributed by atoms with van der Waals surface area (Å²) in [6.45, 7) is 2.48. The third-order valence-corrected chi connectivity index (χ3v) is 4.81. The van der Waals surface area contributed by atoms with Crippen molar-refractivity contribution in [2.45, 2.75) is 25.7 Å². The molecule has 116 valence electrons. The fraction of sp³-hybridized carbons (Fsp3) is 0.529.